The van der Waals surface area contributed by atoms with E-state index < -0.39 is 16.0 Å². The zero-order chi connectivity index (χ0) is 22.9. The molecule has 0 atom stereocenters. The van der Waals surface area contributed by atoms with Gasteiger partial charge in [0.15, 0.2) is 11.5 Å². The van der Waals surface area contributed by atoms with Crippen LogP contribution in [0.5, 0.6) is 0 Å². The molecule has 11 heteroatoms. The molecule has 1 aliphatic rings. The lowest BCUT2D eigenvalue weighted by molar-refractivity contribution is -0.120. The molecule has 0 radical (unpaired) electrons. The van der Waals surface area contributed by atoms with Gasteiger partial charge in [0, 0.05) is 37.7 Å². The van der Waals surface area contributed by atoms with E-state index in [1.54, 1.807) is 32.0 Å². The highest BCUT2D eigenvalue weighted by atomic mass is 32.2. The predicted molar refractivity (Wildman–Crippen MR) is 114 cm³/mol. The first-order valence-corrected chi connectivity index (χ1v) is 11.7. The average molecular weight is 461 g/mol. The minimum atomic E-state index is -3.91. The Hall–Kier alpha value is -3.18. The van der Waals surface area contributed by atoms with Crippen LogP contribution >= 0.6 is 0 Å². The molecule has 0 spiro atoms. The van der Waals surface area contributed by atoms with Crippen molar-refractivity contribution in [1.29, 1.82) is 0 Å². The number of sulfonamides is 1. The van der Waals surface area contributed by atoms with Gasteiger partial charge in [0.25, 0.3) is 10.0 Å². The number of aryl methyl sites for hydroxylation is 1. The zero-order valence-corrected chi connectivity index (χ0v) is 18.5. The van der Waals surface area contributed by atoms with Crippen LogP contribution < -0.4 is 5.32 Å². The van der Waals surface area contributed by atoms with Gasteiger partial charge >= 0.3 is 5.97 Å². The van der Waals surface area contributed by atoms with Crippen molar-refractivity contribution >= 4 is 38.7 Å². The molecule has 32 heavy (non-hydrogen) atoms. The number of benzene rings is 1. The van der Waals surface area contributed by atoms with Crippen molar-refractivity contribution in [2.75, 3.05) is 25.0 Å². The number of anilines is 1. The highest BCUT2D eigenvalue weighted by Crippen LogP contribution is 2.27. The summed E-state index contributed by atoms with van der Waals surface area (Å²) in [7, 11) is -3.91. The number of fused-ring (bicyclic) bond motifs is 1. The van der Waals surface area contributed by atoms with Gasteiger partial charge in [0.1, 0.15) is 5.52 Å². The second kappa shape index (κ2) is 8.75. The number of ether oxygens (including phenoxy) is 1. The molecular weight excluding hydrogens is 438 g/mol. The van der Waals surface area contributed by atoms with E-state index in [9.17, 15) is 18.0 Å². The van der Waals surface area contributed by atoms with Crippen molar-refractivity contribution in [3.05, 3.63) is 42.0 Å². The van der Waals surface area contributed by atoms with Crippen LogP contribution in [0, 0.1) is 12.8 Å². The van der Waals surface area contributed by atoms with Gasteiger partial charge in [-0.15, -0.1) is 0 Å². The van der Waals surface area contributed by atoms with Crippen LogP contribution in [0.2, 0.25) is 0 Å². The quantitative estimate of drug-likeness (QED) is 0.554. The second-order valence-corrected chi connectivity index (χ2v) is 9.29. The summed E-state index contributed by atoms with van der Waals surface area (Å²) in [6.45, 7) is 3.88. The Morgan fingerprint density at radius 1 is 1.19 bits per heavy atom. The van der Waals surface area contributed by atoms with Crippen molar-refractivity contribution < 1.29 is 31.6 Å². The van der Waals surface area contributed by atoms with E-state index in [1.165, 1.54) is 16.4 Å². The lowest BCUT2D eigenvalue weighted by Gasteiger charge is -2.29. The first-order chi connectivity index (χ1) is 15.3. The van der Waals surface area contributed by atoms with Crippen LogP contribution in [0.4, 0.5) is 5.69 Å². The van der Waals surface area contributed by atoms with Gasteiger partial charge in [0.2, 0.25) is 16.8 Å². The maximum Gasteiger partial charge on any atom is 0.374 e. The Kier molecular flexibility index (Phi) is 6.02. The summed E-state index contributed by atoms with van der Waals surface area (Å²) >= 11 is 0. The molecule has 3 aromatic rings. The minimum Gasteiger partial charge on any atom is -0.460 e. The summed E-state index contributed by atoms with van der Waals surface area (Å²) in [5.41, 5.74) is 1.89. The summed E-state index contributed by atoms with van der Waals surface area (Å²) in [5.74, 6) is -0.856. The van der Waals surface area contributed by atoms with Crippen molar-refractivity contribution in [2.24, 2.45) is 5.92 Å². The Bertz CT molecular complexity index is 1250. The van der Waals surface area contributed by atoms with Crippen molar-refractivity contribution in [2.45, 2.75) is 31.8 Å². The largest absolute Gasteiger partial charge is 0.460 e. The smallest absolute Gasteiger partial charge is 0.374 e. The number of oxazole rings is 1. The van der Waals surface area contributed by atoms with Crippen molar-refractivity contribution in [3.8, 4) is 0 Å². The van der Waals surface area contributed by atoms with Gasteiger partial charge in [0.05, 0.1) is 6.61 Å². The summed E-state index contributed by atoms with van der Waals surface area (Å²) in [5, 5.41) is 2.54. The lowest BCUT2D eigenvalue weighted by Crippen LogP contribution is -2.41. The van der Waals surface area contributed by atoms with Crippen molar-refractivity contribution in [3.63, 3.8) is 0 Å². The van der Waals surface area contributed by atoms with Crippen LogP contribution in [0.15, 0.2) is 44.3 Å². The van der Waals surface area contributed by atoms with Crippen LogP contribution in [0.1, 0.15) is 36.2 Å². The van der Waals surface area contributed by atoms with Gasteiger partial charge in [-0.1, -0.05) is 0 Å². The highest BCUT2D eigenvalue weighted by Gasteiger charge is 2.34. The fourth-order valence-electron chi connectivity index (χ4n) is 3.62. The summed E-state index contributed by atoms with van der Waals surface area (Å²) in [4.78, 5) is 28.6. The topological polar surface area (TPSA) is 132 Å². The third-order valence-electron chi connectivity index (χ3n) is 5.24. The number of nitrogens with one attached hydrogen (secondary N) is 1. The molecule has 0 saturated carbocycles. The molecule has 1 N–H and O–H groups in total. The van der Waals surface area contributed by atoms with Crippen LogP contribution in [0.3, 0.4) is 0 Å². The molecule has 1 aliphatic heterocycles. The molecule has 1 amide bonds. The van der Waals surface area contributed by atoms with Gasteiger partial charge in [-0.3, -0.25) is 4.79 Å². The first-order valence-electron chi connectivity index (χ1n) is 10.2. The molecule has 4 rings (SSSR count). The molecule has 0 bridgehead atoms. The number of furan rings is 1. The van der Waals surface area contributed by atoms with E-state index in [1.807, 2.05) is 0 Å². The maximum atomic E-state index is 12.8. The number of carbonyl (C=O) groups excluding carboxylic acids is 2. The molecule has 1 aromatic carbocycles. The Labute approximate surface area is 184 Å². The normalized spacial score (nSPS) is 15.7. The molecule has 0 aliphatic carbocycles. The fraction of sp³-hybridized carbons (Fsp3) is 0.381. The van der Waals surface area contributed by atoms with E-state index in [2.05, 4.69) is 10.3 Å². The molecule has 2 aromatic heterocycles. The van der Waals surface area contributed by atoms with Crippen LogP contribution in [-0.4, -0.2) is 49.3 Å². The molecule has 0 unspecified atom stereocenters. The predicted octanol–water partition coefficient (Wildman–Crippen LogP) is 2.95. The maximum absolute atomic E-state index is 12.8. The summed E-state index contributed by atoms with van der Waals surface area (Å²) in [6, 6.07) is 7.74. The number of nitrogens with zero attached hydrogens (tertiary/aromatic N) is 2. The Balaban J connectivity index is 1.37. The van der Waals surface area contributed by atoms with E-state index in [0.717, 1.165) is 0 Å². The van der Waals surface area contributed by atoms with Gasteiger partial charge in [-0.2, -0.15) is 4.31 Å². The highest BCUT2D eigenvalue weighted by molar-refractivity contribution is 7.89. The number of esters is 1. The van der Waals surface area contributed by atoms with Crippen LogP contribution in [-0.2, 0) is 19.6 Å². The van der Waals surface area contributed by atoms with Gasteiger partial charge < -0.3 is 18.9 Å². The SMILES string of the molecule is CCOC(=O)c1ccc(S(=O)(=O)N2CCC(C(=O)Nc3ccc4nc(C)oc4c3)CC2)o1. The van der Waals surface area contributed by atoms with Crippen LogP contribution in [0.25, 0.3) is 11.1 Å². The average Bonchev–Trinajstić information content (AvgIpc) is 3.40. The Morgan fingerprint density at radius 2 is 1.94 bits per heavy atom. The number of piperidine rings is 1. The molecule has 3 heterocycles. The first kappa shape index (κ1) is 22.0. The molecule has 10 nitrogen and oxygen atoms in total. The summed E-state index contributed by atoms with van der Waals surface area (Å²) < 4.78 is 42.4. The minimum absolute atomic E-state index is 0.156. The molecule has 1 fully saturated rings. The molecule has 1 saturated heterocycles. The summed E-state index contributed by atoms with van der Waals surface area (Å²) in [6.07, 6.45) is 0.723. The number of rotatable bonds is 6. The van der Waals surface area contributed by atoms with E-state index >= 15 is 0 Å². The van der Waals surface area contributed by atoms with E-state index in [0.29, 0.717) is 35.5 Å². The van der Waals surface area contributed by atoms with Gasteiger partial charge in [-0.05, 0) is 44.0 Å². The number of carbonyl (C=O) groups is 2. The molecule has 170 valence electrons. The number of amides is 1. The standard InChI is InChI=1S/C21H23N3O7S/c1-3-29-21(26)17-6-7-19(31-17)32(27,28)24-10-8-14(9-11-24)20(25)23-15-4-5-16-18(12-15)30-13(2)22-16/h4-7,12,14H,3,8-11H2,1-2H3,(H,23,25). The molecular formula is C21H23N3O7S. The number of aromatic nitrogens is 1. The fourth-order valence-corrected chi connectivity index (χ4v) is 5.00. The van der Waals surface area contributed by atoms with E-state index in [4.69, 9.17) is 13.6 Å². The second-order valence-electron chi connectivity index (χ2n) is 7.42. The third-order valence-corrected chi connectivity index (χ3v) is 7.01. The number of hydrogen-bond acceptors (Lipinski definition) is 8. The lowest BCUT2D eigenvalue weighted by atomic mass is 9.97. The third kappa shape index (κ3) is 4.39. The Morgan fingerprint density at radius 3 is 2.66 bits per heavy atom. The van der Waals surface area contributed by atoms with Crippen molar-refractivity contribution in [1.82, 2.24) is 9.29 Å². The zero-order valence-electron chi connectivity index (χ0n) is 17.7. The van der Waals surface area contributed by atoms with E-state index in [-0.39, 0.29) is 42.4 Å². The number of hydrogen-bond donors (Lipinski definition) is 1. The van der Waals surface area contributed by atoms with Gasteiger partial charge in [-0.25, -0.2) is 18.2 Å². The monoisotopic (exact) mass is 461 g/mol.